The minimum Gasteiger partial charge on any atom is -0.330 e. The van der Waals surface area contributed by atoms with Crippen LogP contribution in [-0.4, -0.2) is 34.1 Å². The first-order valence-corrected chi connectivity index (χ1v) is 6.81. The molecule has 2 aliphatic rings. The molecule has 1 saturated carbocycles. The van der Waals surface area contributed by atoms with Gasteiger partial charge in [0.25, 0.3) is 0 Å². The SMILES string of the molecule is CCN1CCC(CN)C1c1cncn1C1CC1. The largest absolute Gasteiger partial charge is 0.330 e. The van der Waals surface area contributed by atoms with Crippen LogP contribution < -0.4 is 5.73 Å². The van der Waals surface area contributed by atoms with Crippen LogP contribution in [0, 0.1) is 5.92 Å². The first kappa shape index (κ1) is 11.2. The zero-order valence-electron chi connectivity index (χ0n) is 10.5. The first-order valence-electron chi connectivity index (χ1n) is 6.81. The molecule has 0 bridgehead atoms. The number of imidazole rings is 1. The van der Waals surface area contributed by atoms with Gasteiger partial charge in [-0.2, -0.15) is 0 Å². The molecule has 2 unspecified atom stereocenters. The third-order valence-corrected chi connectivity index (χ3v) is 4.28. The van der Waals surface area contributed by atoms with Crippen molar-refractivity contribution in [1.82, 2.24) is 14.5 Å². The van der Waals surface area contributed by atoms with Crippen molar-refractivity contribution in [2.75, 3.05) is 19.6 Å². The maximum Gasteiger partial charge on any atom is 0.0951 e. The average molecular weight is 234 g/mol. The van der Waals surface area contributed by atoms with Crippen LogP contribution in [0.25, 0.3) is 0 Å². The Hall–Kier alpha value is -0.870. The zero-order valence-corrected chi connectivity index (χ0v) is 10.5. The average Bonchev–Trinajstić information content (AvgIpc) is 2.95. The van der Waals surface area contributed by atoms with Gasteiger partial charge < -0.3 is 10.3 Å². The number of hydrogen-bond donors (Lipinski definition) is 1. The predicted molar refractivity (Wildman–Crippen MR) is 67.6 cm³/mol. The molecule has 94 valence electrons. The summed E-state index contributed by atoms with van der Waals surface area (Å²) in [6.07, 6.45) is 7.92. The number of hydrogen-bond acceptors (Lipinski definition) is 3. The molecule has 1 saturated heterocycles. The van der Waals surface area contributed by atoms with Crippen LogP contribution in [0.3, 0.4) is 0 Å². The summed E-state index contributed by atoms with van der Waals surface area (Å²) in [5.41, 5.74) is 7.32. The van der Waals surface area contributed by atoms with E-state index in [4.69, 9.17) is 5.73 Å². The summed E-state index contributed by atoms with van der Waals surface area (Å²) in [7, 11) is 0. The van der Waals surface area contributed by atoms with Crippen LogP contribution in [0.2, 0.25) is 0 Å². The molecule has 4 nitrogen and oxygen atoms in total. The topological polar surface area (TPSA) is 47.1 Å². The van der Waals surface area contributed by atoms with Gasteiger partial charge in [-0.05, 0) is 44.8 Å². The lowest BCUT2D eigenvalue weighted by atomic mass is 9.98. The molecule has 0 aromatic carbocycles. The van der Waals surface area contributed by atoms with Crippen LogP contribution >= 0.6 is 0 Å². The van der Waals surface area contributed by atoms with Crippen LogP contribution in [0.1, 0.15) is 44.0 Å². The molecule has 0 radical (unpaired) electrons. The van der Waals surface area contributed by atoms with Crippen molar-refractivity contribution in [3.05, 3.63) is 18.2 Å². The van der Waals surface area contributed by atoms with Gasteiger partial charge >= 0.3 is 0 Å². The molecular formula is C13H22N4. The molecule has 2 fully saturated rings. The fraction of sp³-hybridized carbons (Fsp3) is 0.769. The minimum absolute atomic E-state index is 0.494. The molecule has 4 heteroatoms. The van der Waals surface area contributed by atoms with E-state index in [0.717, 1.165) is 13.1 Å². The van der Waals surface area contributed by atoms with Crippen LogP contribution in [0.5, 0.6) is 0 Å². The van der Waals surface area contributed by atoms with E-state index in [1.54, 1.807) is 0 Å². The van der Waals surface area contributed by atoms with Gasteiger partial charge in [0.1, 0.15) is 0 Å². The number of nitrogens with zero attached hydrogens (tertiary/aromatic N) is 3. The van der Waals surface area contributed by atoms with Crippen molar-refractivity contribution in [3.63, 3.8) is 0 Å². The lowest BCUT2D eigenvalue weighted by Crippen LogP contribution is -2.29. The Kier molecular flexibility index (Phi) is 2.92. The number of rotatable bonds is 4. The molecule has 1 aliphatic carbocycles. The van der Waals surface area contributed by atoms with Crippen molar-refractivity contribution in [2.24, 2.45) is 11.7 Å². The van der Waals surface area contributed by atoms with Gasteiger partial charge in [0, 0.05) is 12.2 Å². The van der Waals surface area contributed by atoms with Gasteiger partial charge in [-0.25, -0.2) is 4.98 Å². The third-order valence-electron chi connectivity index (χ3n) is 4.28. The van der Waals surface area contributed by atoms with E-state index in [1.807, 2.05) is 6.33 Å². The standard InChI is InChI=1S/C13H22N4/c1-2-16-6-5-10(7-14)13(16)12-8-15-9-17(12)11-3-4-11/h8-11,13H,2-7,14H2,1H3. The Morgan fingerprint density at radius 1 is 1.41 bits per heavy atom. The van der Waals surface area contributed by atoms with Gasteiger partial charge in [-0.1, -0.05) is 6.92 Å². The van der Waals surface area contributed by atoms with Crippen LogP contribution in [0.15, 0.2) is 12.5 Å². The second-order valence-corrected chi connectivity index (χ2v) is 5.31. The summed E-state index contributed by atoms with van der Waals surface area (Å²) in [4.78, 5) is 6.91. The second-order valence-electron chi connectivity index (χ2n) is 5.31. The van der Waals surface area contributed by atoms with E-state index < -0.39 is 0 Å². The van der Waals surface area contributed by atoms with E-state index in [1.165, 1.54) is 31.5 Å². The highest BCUT2D eigenvalue weighted by molar-refractivity contribution is 5.13. The van der Waals surface area contributed by atoms with E-state index in [9.17, 15) is 0 Å². The highest BCUT2D eigenvalue weighted by Gasteiger charge is 2.37. The molecule has 1 aliphatic heterocycles. The van der Waals surface area contributed by atoms with E-state index in [0.29, 0.717) is 18.0 Å². The molecule has 2 atom stereocenters. The second kappa shape index (κ2) is 4.42. The molecule has 2 N–H and O–H groups in total. The number of likely N-dealkylation sites (tertiary alicyclic amines) is 1. The van der Waals surface area contributed by atoms with Crippen molar-refractivity contribution in [3.8, 4) is 0 Å². The minimum atomic E-state index is 0.494. The number of nitrogens with two attached hydrogens (primary N) is 1. The highest BCUT2D eigenvalue weighted by Crippen LogP contribution is 2.42. The molecule has 1 aromatic heterocycles. The summed E-state index contributed by atoms with van der Waals surface area (Å²) < 4.78 is 2.39. The maximum atomic E-state index is 5.93. The van der Waals surface area contributed by atoms with Gasteiger partial charge in [0.15, 0.2) is 0 Å². The third kappa shape index (κ3) is 1.89. The van der Waals surface area contributed by atoms with E-state index >= 15 is 0 Å². The quantitative estimate of drug-likeness (QED) is 0.860. The summed E-state index contributed by atoms with van der Waals surface area (Å²) in [6.45, 7) is 5.32. The van der Waals surface area contributed by atoms with Crippen LogP contribution in [-0.2, 0) is 0 Å². The lowest BCUT2D eigenvalue weighted by molar-refractivity contribution is 0.231. The fourth-order valence-corrected chi connectivity index (χ4v) is 3.16. The van der Waals surface area contributed by atoms with Gasteiger partial charge in [-0.15, -0.1) is 0 Å². The van der Waals surface area contributed by atoms with Crippen molar-refractivity contribution in [2.45, 2.75) is 38.3 Å². The Morgan fingerprint density at radius 3 is 2.88 bits per heavy atom. The molecular weight excluding hydrogens is 212 g/mol. The van der Waals surface area contributed by atoms with Gasteiger partial charge in [0.05, 0.1) is 18.1 Å². The van der Waals surface area contributed by atoms with Crippen molar-refractivity contribution in [1.29, 1.82) is 0 Å². The molecule has 3 rings (SSSR count). The Balaban J connectivity index is 1.91. The smallest absolute Gasteiger partial charge is 0.0951 e. The van der Waals surface area contributed by atoms with Crippen molar-refractivity contribution >= 4 is 0 Å². The predicted octanol–water partition coefficient (Wildman–Crippen LogP) is 1.56. The zero-order chi connectivity index (χ0) is 11.8. The Morgan fingerprint density at radius 2 is 2.24 bits per heavy atom. The lowest BCUT2D eigenvalue weighted by Gasteiger charge is -2.27. The fourth-order valence-electron chi connectivity index (χ4n) is 3.16. The van der Waals surface area contributed by atoms with Gasteiger partial charge in [-0.3, -0.25) is 4.90 Å². The van der Waals surface area contributed by atoms with Gasteiger partial charge in [0.2, 0.25) is 0 Å². The molecule has 17 heavy (non-hydrogen) atoms. The molecule has 2 heterocycles. The summed E-state index contributed by atoms with van der Waals surface area (Å²) >= 11 is 0. The first-order chi connectivity index (χ1) is 8.35. The monoisotopic (exact) mass is 234 g/mol. The summed E-state index contributed by atoms with van der Waals surface area (Å²) in [6, 6.07) is 1.21. The molecule has 1 aromatic rings. The Labute approximate surface area is 103 Å². The van der Waals surface area contributed by atoms with E-state index in [2.05, 4.69) is 27.6 Å². The van der Waals surface area contributed by atoms with Crippen LogP contribution in [0.4, 0.5) is 0 Å². The normalized spacial score (nSPS) is 30.0. The van der Waals surface area contributed by atoms with Crippen molar-refractivity contribution < 1.29 is 0 Å². The highest BCUT2D eigenvalue weighted by atomic mass is 15.2. The molecule has 0 spiro atoms. The molecule has 0 amide bonds. The van der Waals surface area contributed by atoms with E-state index in [-0.39, 0.29) is 0 Å². The Bertz CT molecular complexity index is 371. The maximum absolute atomic E-state index is 5.93. The number of aromatic nitrogens is 2. The summed E-state index contributed by atoms with van der Waals surface area (Å²) in [5, 5.41) is 0. The summed E-state index contributed by atoms with van der Waals surface area (Å²) in [5.74, 6) is 0.601.